The molecule has 1 nitrogen and oxygen atoms in total. The van der Waals surface area contributed by atoms with Gasteiger partial charge < -0.3 is 4.57 Å². The van der Waals surface area contributed by atoms with Crippen LogP contribution in [0.3, 0.4) is 0 Å². The van der Waals surface area contributed by atoms with Gasteiger partial charge in [-0.15, -0.1) is 0 Å². The number of fused-ring (bicyclic) bond motifs is 1. The summed E-state index contributed by atoms with van der Waals surface area (Å²) in [7, 11) is 2.16. The lowest BCUT2D eigenvalue weighted by molar-refractivity contribution is 0.00735. The highest BCUT2D eigenvalue weighted by Gasteiger charge is 2.53. The highest BCUT2D eigenvalue weighted by Crippen LogP contribution is 2.63. The molecule has 0 aliphatic heterocycles. The molecule has 1 heteroatoms. The normalized spacial score (nSPS) is 31.5. The van der Waals surface area contributed by atoms with Crippen molar-refractivity contribution in [2.45, 2.75) is 33.6 Å². The first-order valence-electron chi connectivity index (χ1n) is 6.33. The van der Waals surface area contributed by atoms with E-state index in [1.165, 1.54) is 18.5 Å². The molecule has 1 heterocycles. The quantitative estimate of drug-likeness (QED) is 0.670. The summed E-state index contributed by atoms with van der Waals surface area (Å²) < 4.78 is 2.27. The molecule has 0 N–H and O–H groups in total. The molecule has 1 saturated carbocycles. The second-order valence-corrected chi connectivity index (χ2v) is 6.21. The molecule has 1 aromatic rings. The number of aryl methyl sites for hydroxylation is 1. The van der Waals surface area contributed by atoms with Gasteiger partial charge in [-0.1, -0.05) is 19.4 Å². The Balaban J connectivity index is 2.10. The lowest BCUT2D eigenvalue weighted by atomic mass is 9.47. The van der Waals surface area contributed by atoms with Crippen molar-refractivity contribution >= 4 is 5.57 Å². The van der Waals surface area contributed by atoms with Gasteiger partial charge in [-0.25, -0.2) is 0 Å². The van der Waals surface area contributed by atoms with Crippen LogP contribution in [-0.2, 0) is 7.05 Å². The van der Waals surface area contributed by atoms with Crippen LogP contribution in [0.4, 0.5) is 0 Å². The van der Waals surface area contributed by atoms with Crippen molar-refractivity contribution in [1.82, 2.24) is 4.57 Å². The summed E-state index contributed by atoms with van der Waals surface area (Å²) in [6, 6.07) is 4.43. The van der Waals surface area contributed by atoms with E-state index in [4.69, 9.17) is 0 Å². The topological polar surface area (TPSA) is 4.93 Å². The van der Waals surface area contributed by atoms with Crippen molar-refractivity contribution in [2.24, 2.45) is 24.3 Å². The molecule has 2 atom stereocenters. The molecule has 0 amide bonds. The van der Waals surface area contributed by atoms with Crippen molar-refractivity contribution in [1.29, 1.82) is 0 Å². The molecular formula is C15H21N. The molecular weight excluding hydrogens is 194 g/mol. The molecule has 0 aromatic carbocycles. The maximum absolute atomic E-state index is 2.45. The van der Waals surface area contributed by atoms with Crippen LogP contribution in [0, 0.1) is 17.3 Å². The molecule has 0 saturated heterocycles. The van der Waals surface area contributed by atoms with E-state index in [1.54, 1.807) is 11.1 Å². The Labute approximate surface area is 98.2 Å². The van der Waals surface area contributed by atoms with E-state index in [0.717, 1.165) is 11.8 Å². The number of aromatic nitrogens is 1. The first kappa shape index (κ1) is 10.2. The Bertz CT molecular complexity index is 462. The summed E-state index contributed by atoms with van der Waals surface area (Å²) in [6.07, 6.45) is 4.88. The van der Waals surface area contributed by atoms with E-state index in [2.05, 4.69) is 50.7 Å². The zero-order valence-corrected chi connectivity index (χ0v) is 10.7. The Kier molecular flexibility index (Phi) is 1.93. The average Bonchev–Trinajstić information content (AvgIpc) is 2.64. The Morgan fingerprint density at radius 3 is 2.69 bits per heavy atom. The van der Waals surface area contributed by atoms with Gasteiger partial charge in [-0.05, 0) is 54.7 Å². The zero-order valence-electron chi connectivity index (χ0n) is 10.7. The van der Waals surface area contributed by atoms with Crippen LogP contribution >= 0.6 is 0 Å². The zero-order chi connectivity index (χ0) is 11.5. The standard InChI is InChI=1S/C15H21N/c1-10-8-11-9-12(15(11,2)3)14(10)13-6-5-7-16(13)4/h5-7,11-12H,8-9H2,1-4H3/t11-,12-/m1/s1. The molecule has 1 aromatic heterocycles. The van der Waals surface area contributed by atoms with Gasteiger partial charge in [0.1, 0.15) is 0 Å². The van der Waals surface area contributed by atoms with Crippen LogP contribution in [0.1, 0.15) is 39.3 Å². The van der Waals surface area contributed by atoms with Crippen LogP contribution in [0.15, 0.2) is 23.9 Å². The van der Waals surface area contributed by atoms with Crippen LogP contribution < -0.4 is 0 Å². The third kappa shape index (κ3) is 1.12. The fourth-order valence-electron chi connectivity index (χ4n) is 3.77. The number of hydrogen-bond acceptors (Lipinski definition) is 0. The van der Waals surface area contributed by atoms with Gasteiger partial charge in [0.15, 0.2) is 0 Å². The number of allylic oxidation sites excluding steroid dienone is 2. The van der Waals surface area contributed by atoms with E-state index < -0.39 is 0 Å². The number of rotatable bonds is 1. The monoisotopic (exact) mass is 215 g/mol. The van der Waals surface area contributed by atoms with Gasteiger partial charge in [0.25, 0.3) is 0 Å². The summed E-state index contributed by atoms with van der Waals surface area (Å²) >= 11 is 0. The predicted octanol–water partition coefficient (Wildman–Crippen LogP) is 3.86. The third-order valence-corrected chi connectivity index (χ3v) is 5.05. The molecule has 16 heavy (non-hydrogen) atoms. The predicted molar refractivity (Wildman–Crippen MR) is 68.0 cm³/mol. The molecule has 4 rings (SSSR count). The first-order chi connectivity index (χ1) is 7.51. The van der Waals surface area contributed by atoms with Gasteiger partial charge in [-0.2, -0.15) is 0 Å². The smallest absolute Gasteiger partial charge is 0.0439 e. The minimum Gasteiger partial charge on any atom is -0.351 e. The summed E-state index contributed by atoms with van der Waals surface area (Å²) in [5.41, 5.74) is 5.23. The molecule has 2 bridgehead atoms. The fraction of sp³-hybridized carbons (Fsp3) is 0.600. The first-order valence-corrected chi connectivity index (χ1v) is 6.33. The van der Waals surface area contributed by atoms with E-state index >= 15 is 0 Å². The minimum absolute atomic E-state index is 0.527. The van der Waals surface area contributed by atoms with Gasteiger partial charge in [0.05, 0.1) is 0 Å². The van der Waals surface area contributed by atoms with Crippen LogP contribution in [0.25, 0.3) is 5.57 Å². The lowest BCUT2D eigenvalue weighted by Gasteiger charge is -2.57. The molecule has 0 spiro atoms. The SMILES string of the molecule is CC1=C(c2cccn2C)[C@H]2C[C@@H](C1)C2(C)C. The van der Waals surface area contributed by atoms with Crippen LogP contribution in [0.2, 0.25) is 0 Å². The van der Waals surface area contributed by atoms with Crippen LogP contribution in [-0.4, -0.2) is 4.57 Å². The summed E-state index contributed by atoms with van der Waals surface area (Å²) in [5, 5.41) is 0. The molecule has 3 aliphatic carbocycles. The van der Waals surface area contributed by atoms with Crippen molar-refractivity contribution in [3.63, 3.8) is 0 Å². The molecule has 86 valence electrons. The maximum Gasteiger partial charge on any atom is 0.0439 e. The van der Waals surface area contributed by atoms with E-state index in [9.17, 15) is 0 Å². The average molecular weight is 215 g/mol. The van der Waals surface area contributed by atoms with E-state index in [1.807, 2.05) is 0 Å². The van der Waals surface area contributed by atoms with Crippen molar-refractivity contribution in [2.75, 3.05) is 0 Å². The van der Waals surface area contributed by atoms with Gasteiger partial charge in [-0.3, -0.25) is 0 Å². The highest BCUT2D eigenvalue weighted by molar-refractivity contribution is 5.72. The summed E-state index contributed by atoms with van der Waals surface area (Å²) in [5.74, 6) is 1.72. The molecule has 3 aliphatic rings. The van der Waals surface area contributed by atoms with Crippen molar-refractivity contribution in [3.8, 4) is 0 Å². The second-order valence-electron chi connectivity index (χ2n) is 6.21. The lowest BCUT2D eigenvalue weighted by Crippen LogP contribution is -2.48. The van der Waals surface area contributed by atoms with Crippen LogP contribution in [0.5, 0.6) is 0 Å². The molecule has 0 radical (unpaired) electrons. The summed E-state index contributed by atoms with van der Waals surface area (Å²) in [4.78, 5) is 0. The minimum atomic E-state index is 0.527. The highest BCUT2D eigenvalue weighted by atomic mass is 14.9. The fourth-order valence-corrected chi connectivity index (χ4v) is 3.77. The van der Waals surface area contributed by atoms with Gasteiger partial charge in [0, 0.05) is 18.9 Å². The van der Waals surface area contributed by atoms with Gasteiger partial charge >= 0.3 is 0 Å². The van der Waals surface area contributed by atoms with Crippen molar-refractivity contribution < 1.29 is 0 Å². The third-order valence-electron chi connectivity index (χ3n) is 5.05. The van der Waals surface area contributed by atoms with E-state index in [-0.39, 0.29) is 0 Å². The second kappa shape index (κ2) is 3.03. The molecule has 1 fully saturated rings. The maximum atomic E-state index is 2.45. The number of nitrogens with zero attached hydrogens (tertiary/aromatic N) is 1. The van der Waals surface area contributed by atoms with Crippen molar-refractivity contribution in [3.05, 3.63) is 29.6 Å². The summed E-state index contributed by atoms with van der Waals surface area (Å²) in [6.45, 7) is 7.22. The Morgan fingerprint density at radius 2 is 2.12 bits per heavy atom. The van der Waals surface area contributed by atoms with E-state index in [0.29, 0.717) is 5.41 Å². The number of hydrogen-bond donors (Lipinski definition) is 0. The largest absolute Gasteiger partial charge is 0.351 e. The van der Waals surface area contributed by atoms with Gasteiger partial charge in [0.2, 0.25) is 0 Å². The Hall–Kier alpha value is -0.980. The molecule has 0 unspecified atom stereocenters. The Morgan fingerprint density at radius 1 is 1.38 bits per heavy atom.